The molecule has 1 aromatic carbocycles. The molecule has 20 heavy (non-hydrogen) atoms. The van der Waals surface area contributed by atoms with E-state index in [1.807, 2.05) is 6.92 Å². The molecule has 0 N–H and O–H groups in total. The fraction of sp³-hybridized carbons (Fsp3) is 0.385. The van der Waals surface area contributed by atoms with Crippen LogP contribution in [0.5, 0.6) is 0 Å². The second-order valence-corrected chi connectivity index (χ2v) is 6.10. The fourth-order valence-corrected chi connectivity index (χ4v) is 3.69. The second kappa shape index (κ2) is 6.50. The van der Waals surface area contributed by atoms with Gasteiger partial charge in [0, 0.05) is 12.6 Å². The molecule has 7 heteroatoms. The average molecular weight is 296 g/mol. The highest BCUT2D eigenvalue weighted by atomic mass is 32.2. The van der Waals surface area contributed by atoms with Crippen molar-refractivity contribution in [3.8, 4) is 12.3 Å². The van der Waals surface area contributed by atoms with Gasteiger partial charge in [0.15, 0.2) is 4.90 Å². The molecule has 0 saturated carbocycles. The van der Waals surface area contributed by atoms with E-state index >= 15 is 0 Å². The maximum Gasteiger partial charge on any atom is 0.289 e. The number of sulfonamides is 1. The molecule has 0 aromatic heterocycles. The van der Waals surface area contributed by atoms with Gasteiger partial charge >= 0.3 is 0 Å². The lowest BCUT2D eigenvalue weighted by Crippen LogP contribution is -2.33. The van der Waals surface area contributed by atoms with Gasteiger partial charge in [0.05, 0.1) is 11.5 Å². The Morgan fingerprint density at radius 3 is 2.60 bits per heavy atom. The highest BCUT2D eigenvalue weighted by Gasteiger charge is 2.32. The van der Waals surface area contributed by atoms with Crippen molar-refractivity contribution in [2.45, 2.75) is 25.2 Å². The summed E-state index contributed by atoms with van der Waals surface area (Å²) in [4.78, 5) is 10.1. The predicted molar refractivity (Wildman–Crippen MR) is 75.7 cm³/mol. The number of rotatable bonds is 6. The van der Waals surface area contributed by atoms with Crippen LogP contribution < -0.4 is 0 Å². The van der Waals surface area contributed by atoms with E-state index in [-0.39, 0.29) is 18.0 Å². The summed E-state index contributed by atoms with van der Waals surface area (Å²) < 4.78 is 26.3. The lowest BCUT2D eigenvalue weighted by atomic mass is 10.2. The molecule has 0 radical (unpaired) electrons. The van der Waals surface area contributed by atoms with Crippen LogP contribution in [0.25, 0.3) is 0 Å². The zero-order valence-electron chi connectivity index (χ0n) is 11.4. The Kier molecular flexibility index (Phi) is 5.25. The summed E-state index contributed by atoms with van der Waals surface area (Å²) in [6, 6.07) is 4.16. The molecule has 1 aromatic rings. The molecule has 0 atom stereocenters. The summed E-state index contributed by atoms with van der Waals surface area (Å²) in [7, 11) is -3.98. The third kappa shape index (κ3) is 3.15. The number of terminal acetylenes is 1. The summed E-state index contributed by atoms with van der Waals surface area (Å²) in [6.07, 6.45) is 5.75. The van der Waals surface area contributed by atoms with Crippen molar-refractivity contribution in [2.75, 3.05) is 13.1 Å². The van der Waals surface area contributed by atoms with Gasteiger partial charge in [-0.05, 0) is 18.9 Å². The molecule has 1 rings (SSSR count). The quantitative estimate of drug-likeness (QED) is 0.456. The van der Waals surface area contributed by atoms with Crippen molar-refractivity contribution < 1.29 is 13.3 Å². The van der Waals surface area contributed by atoms with Gasteiger partial charge in [-0.25, -0.2) is 8.42 Å². The van der Waals surface area contributed by atoms with Crippen LogP contribution in [0.15, 0.2) is 23.1 Å². The van der Waals surface area contributed by atoms with E-state index in [9.17, 15) is 18.5 Å². The molecule has 0 heterocycles. The van der Waals surface area contributed by atoms with Crippen LogP contribution in [0, 0.1) is 29.4 Å². The van der Waals surface area contributed by atoms with Gasteiger partial charge in [0.2, 0.25) is 0 Å². The van der Waals surface area contributed by atoms with E-state index in [0.717, 1.165) is 4.31 Å². The van der Waals surface area contributed by atoms with E-state index in [2.05, 4.69) is 5.92 Å². The van der Waals surface area contributed by atoms with Crippen LogP contribution in [-0.2, 0) is 10.0 Å². The van der Waals surface area contributed by atoms with E-state index in [1.54, 1.807) is 0 Å². The van der Waals surface area contributed by atoms with Crippen molar-refractivity contribution in [2.24, 2.45) is 0 Å². The highest BCUT2D eigenvalue weighted by Crippen LogP contribution is 2.29. The molecular weight excluding hydrogens is 280 g/mol. The largest absolute Gasteiger partial charge is 0.289 e. The van der Waals surface area contributed by atoms with E-state index in [0.29, 0.717) is 12.0 Å². The Morgan fingerprint density at radius 2 is 2.10 bits per heavy atom. The molecule has 0 amide bonds. The SMILES string of the molecule is C#CCN(CCC)S(=O)(=O)c1c(C)cccc1[N+](=O)[O-]. The fourth-order valence-electron chi connectivity index (χ4n) is 1.88. The van der Waals surface area contributed by atoms with Gasteiger partial charge in [-0.1, -0.05) is 25.0 Å². The van der Waals surface area contributed by atoms with Gasteiger partial charge in [-0.15, -0.1) is 6.42 Å². The molecule has 0 aliphatic heterocycles. The smallest absolute Gasteiger partial charge is 0.258 e. The number of nitro groups is 1. The Labute approximate surface area is 118 Å². The van der Waals surface area contributed by atoms with Crippen molar-refractivity contribution >= 4 is 15.7 Å². The Hall–Kier alpha value is -1.91. The van der Waals surface area contributed by atoms with E-state index < -0.39 is 20.6 Å². The summed E-state index contributed by atoms with van der Waals surface area (Å²) in [5, 5.41) is 11.0. The number of hydrogen-bond donors (Lipinski definition) is 0. The Morgan fingerprint density at radius 1 is 1.45 bits per heavy atom. The van der Waals surface area contributed by atoms with Crippen LogP contribution in [0.3, 0.4) is 0 Å². The third-order valence-electron chi connectivity index (χ3n) is 2.73. The molecule has 0 bridgehead atoms. The average Bonchev–Trinajstić information content (AvgIpc) is 2.37. The molecule has 0 aliphatic carbocycles. The summed E-state index contributed by atoms with van der Waals surface area (Å²) in [5.41, 5.74) is -0.0968. The van der Waals surface area contributed by atoms with Crippen LogP contribution in [-0.4, -0.2) is 30.7 Å². The Bertz CT molecular complexity index is 647. The molecule has 0 saturated heterocycles. The van der Waals surface area contributed by atoms with Gasteiger partial charge in [-0.3, -0.25) is 10.1 Å². The maximum atomic E-state index is 12.6. The van der Waals surface area contributed by atoms with Crippen LogP contribution in [0.2, 0.25) is 0 Å². The maximum absolute atomic E-state index is 12.6. The zero-order valence-corrected chi connectivity index (χ0v) is 12.2. The zero-order chi connectivity index (χ0) is 15.3. The first-order chi connectivity index (χ1) is 9.36. The predicted octanol–water partition coefficient (Wildman–Crippen LogP) is 1.94. The molecule has 0 spiro atoms. The van der Waals surface area contributed by atoms with Crippen molar-refractivity contribution in [1.82, 2.24) is 4.31 Å². The lowest BCUT2D eigenvalue weighted by molar-refractivity contribution is -0.387. The Balaban J connectivity index is 3.49. The van der Waals surface area contributed by atoms with Crippen LogP contribution >= 0.6 is 0 Å². The van der Waals surface area contributed by atoms with E-state index in [1.165, 1.54) is 25.1 Å². The highest BCUT2D eigenvalue weighted by molar-refractivity contribution is 7.89. The van der Waals surface area contributed by atoms with E-state index in [4.69, 9.17) is 6.42 Å². The minimum absolute atomic E-state index is 0.109. The summed E-state index contributed by atoms with van der Waals surface area (Å²) >= 11 is 0. The van der Waals surface area contributed by atoms with Gasteiger partial charge < -0.3 is 0 Å². The summed E-state index contributed by atoms with van der Waals surface area (Å²) in [6.45, 7) is 3.45. The topological polar surface area (TPSA) is 80.5 Å². The number of nitro benzene ring substituents is 1. The minimum atomic E-state index is -3.98. The first kappa shape index (κ1) is 16.1. The van der Waals surface area contributed by atoms with Crippen LogP contribution in [0.1, 0.15) is 18.9 Å². The number of nitrogens with zero attached hydrogens (tertiary/aromatic N) is 2. The van der Waals surface area contributed by atoms with Crippen molar-refractivity contribution in [1.29, 1.82) is 0 Å². The lowest BCUT2D eigenvalue weighted by Gasteiger charge is -2.20. The molecule has 0 fully saturated rings. The number of benzene rings is 1. The minimum Gasteiger partial charge on any atom is -0.258 e. The first-order valence-electron chi connectivity index (χ1n) is 6.03. The normalized spacial score (nSPS) is 11.3. The van der Waals surface area contributed by atoms with Gasteiger partial charge in [0.25, 0.3) is 15.7 Å². The van der Waals surface area contributed by atoms with Crippen molar-refractivity contribution in [3.63, 3.8) is 0 Å². The number of aryl methyl sites for hydroxylation is 1. The third-order valence-corrected chi connectivity index (χ3v) is 4.76. The van der Waals surface area contributed by atoms with Crippen LogP contribution in [0.4, 0.5) is 5.69 Å². The van der Waals surface area contributed by atoms with Crippen molar-refractivity contribution in [3.05, 3.63) is 33.9 Å². The molecule has 0 unspecified atom stereocenters. The standard InChI is InChI=1S/C13H16N2O4S/c1-4-9-14(10-5-2)20(18,19)13-11(3)7-6-8-12(13)15(16)17/h1,6-8H,5,9-10H2,2-3H3. The number of hydrogen-bond acceptors (Lipinski definition) is 4. The first-order valence-corrected chi connectivity index (χ1v) is 7.47. The van der Waals surface area contributed by atoms with Gasteiger partial charge in [0.1, 0.15) is 0 Å². The monoisotopic (exact) mass is 296 g/mol. The molecule has 6 nitrogen and oxygen atoms in total. The van der Waals surface area contributed by atoms with Gasteiger partial charge in [-0.2, -0.15) is 4.31 Å². The second-order valence-electron chi connectivity index (χ2n) is 4.22. The molecular formula is C13H16N2O4S. The molecule has 108 valence electrons. The molecule has 0 aliphatic rings. The summed E-state index contributed by atoms with van der Waals surface area (Å²) in [5.74, 6) is 2.27.